The van der Waals surface area contributed by atoms with E-state index >= 15 is 0 Å². The number of rotatable bonds is 15. The molecule has 0 fully saturated rings. The predicted octanol–water partition coefficient (Wildman–Crippen LogP) is 2.62. The van der Waals surface area contributed by atoms with E-state index in [2.05, 4.69) is 12.2 Å². The standard InChI is InChI=1S/C18H33NO6S/c1-5-8-9-10-11-15(18(23)25-7-3)26-12-14(17(22)24-6-2)19-13(4)16(20)21/h13-15,19H,5-12H2,1-4H3,(H,20,21)/t13?,14-,15-/m0/s1. The van der Waals surface area contributed by atoms with Crippen LogP contribution in [-0.2, 0) is 23.9 Å². The fourth-order valence-corrected chi connectivity index (χ4v) is 3.47. The highest BCUT2D eigenvalue weighted by atomic mass is 32.2. The molecule has 3 atom stereocenters. The molecule has 0 radical (unpaired) electrons. The molecule has 0 amide bonds. The van der Waals surface area contributed by atoms with Crippen LogP contribution in [0.5, 0.6) is 0 Å². The zero-order chi connectivity index (χ0) is 19.9. The van der Waals surface area contributed by atoms with Crippen LogP contribution in [0, 0.1) is 0 Å². The van der Waals surface area contributed by atoms with Crippen LogP contribution in [0.15, 0.2) is 0 Å². The molecule has 0 aromatic carbocycles. The van der Waals surface area contributed by atoms with Gasteiger partial charge in [-0.05, 0) is 27.2 Å². The van der Waals surface area contributed by atoms with Gasteiger partial charge < -0.3 is 14.6 Å². The number of hydrogen-bond acceptors (Lipinski definition) is 7. The summed E-state index contributed by atoms with van der Waals surface area (Å²) in [5.74, 6) is -1.61. The minimum atomic E-state index is -1.05. The van der Waals surface area contributed by atoms with Crippen LogP contribution in [0.2, 0.25) is 0 Å². The van der Waals surface area contributed by atoms with E-state index in [-0.39, 0.29) is 23.6 Å². The number of nitrogens with one attached hydrogen (secondary N) is 1. The van der Waals surface area contributed by atoms with E-state index in [4.69, 9.17) is 14.6 Å². The Morgan fingerprint density at radius 1 is 1.00 bits per heavy atom. The maximum Gasteiger partial charge on any atom is 0.324 e. The van der Waals surface area contributed by atoms with Gasteiger partial charge in [0.25, 0.3) is 0 Å². The number of thioether (sulfide) groups is 1. The minimum Gasteiger partial charge on any atom is -0.480 e. The fourth-order valence-electron chi connectivity index (χ4n) is 2.27. The molecule has 0 rings (SSSR count). The molecular formula is C18H33NO6S. The van der Waals surface area contributed by atoms with E-state index in [0.29, 0.717) is 13.0 Å². The number of carboxylic acids is 1. The molecule has 1 unspecified atom stereocenters. The van der Waals surface area contributed by atoms with Gasteiger partial charge in [-0.2, -0.15) is 0 Å². The van der Waals surface area contributed by atoms with E-state index in [1.54, 1.807) is 13.8 Å². The second-order valence-corrected chi connectivity index (χ2v) is 7.19. The molecule has 0 bridgehead atoms. The number of carbonyl (C=O) groups is 3. The van der Waals surface area contributed by atoms with Gasteiger partial charge in [-0.1, -0.05) is 32.6 Å². The molecule has 0 saturated heterocycles. The number of unbranched alkanes of at least 4 members (excludes halogenated alkanes) is 3. The average Bonchev–Trinajstić information content (AvgIpc) is 2.59. The first-order chi connectivity index (χ1) is 12.4. The Morgan fingerprint density at radius 2 is 1.62 bits per heavy atom. The molecule has 0 aliphatic heterocycles. The monoisotopic (exact) mass is 391 g/mol. The van der Waals surface area contributed by atoms with Crippen LogP contribution in [0.3, 0.4) is 0 Å². The van der Waals surface area contributed by atoms with Crippen LogP contribution in [-0.4, -0.2) is 59.3 Å². The number of carbonyl (C=O) groups excluding carboxylic acids is 2. The van der Waals surface area contributed by atoms with Crippen LogP contribution >= 0.6 is 11.8 Å². The lowest BCUT2D eigenvalue weighted by Crippen LogP contribution is -2.48. The molecule has 0 aromatic heterocycles. The number of aliphatic carboxylic acids is 1. The third-order valence-corrected chi connectivity index (χ3v) is 5.08. The van der Waals surface area contributed by atoms with Crippen LogP contribution in [0.1, 0.15) is 59.8 Å². The molecule has 2 N–H and O–H groups in total. The summed E-state index contributed by atoms with van der Waals surface area (Å²) in [6.45, 7) is 7.55. The molecule has 0 aliphatic carbocycles. The number of hydrogen-bond donors (Lipinski definition) is 2. The van der Waals surface area contributed by atoms with Crippen molar-refractivity contribution in [2.24, 2.45) is 0 Å². The summed E-state index contributed by atoms with van der Waals surface area (Å²) in [5, 5.41) is 11.4. The van der Waals surface area contributed by atoms with Gasteiger partial charge in [-0.3, -0.25) is 19.7 Å². The quantitative estimate of drug-likeness (QED) is 0.324. The maximum absolute atomic E-state index is 12.2. The summed E-state index contributed by atoms with van der Waals surface area (Å²) in [5.41, 5.74) is 0. The predicted molar refractivity (Wildman–Crippen MR) is 102 cm³/mol. The topological polar surface area (TPSA) is 102 Å². The van der Waals surface area contributed by atoms with Gasteiger partial charge in [0.1, 0.15) is 17.3 Å². The summed E-state index contributed by atoms with van der Waals surface area (Å²) in [6.07, 6.45) is 4.85. The lowest BCUT2D eigenvalue weighted by atomic mass is 10.1. The maximum atomic E-state index is 12.2. The highest BCUT2D eigenvalue weighted by Gasteiger charge is 2.28. The van der Waals surface area contributed by atoms with Gasteiger partial charge in [0.2, 0.25) is 0 Å². The van der Waals surface area contributed by atoms with Crippen LogP contribution in [0.25, 0.3) is 0 Å². The normalized spacial score (nSPS) is 14.3. The van der Waals surface area contributed by atoms with Crippen molar-refractivity contribution in [2.45, 2.75) is 77.1 Å². The molecule has 0 spiro atoms. The Balaban J connectivity index is 4.84. The molecule has 7 nitrogen and oxygen atoms in total. The van der Waals surface area contributed by atoms with Crippen molar-refractivity contribution in [3.8, 4) is 0 Å². The van der Waals surface area contributed by atoms with E-state index < -0.39 is 24.0 Å². The van der Waals surface area contributed by atoms with Crippen molar-refractivity contribution in [1.29, 1.82) is 0 Å². The Bertz CT molecular complexity index is 432. The van der Waals surface area contributed by atoms with Crippen LogP contribution in [0.4, 0.5) is 0 Å². The lowest BCUT2D eigenvalue weighted by molar-refractivity contribution is -0.146. The van der Waals surface area contributed by atoms with Gasteiger partial charge >= 0.3 is 17.9 Å². The minimum absolute atomic E-state index is 0.210. The number of carboxylic acid groups (broad SMARTS) is 1. The Kier molecular flexibility index (Phi) is 14.1. The first kappa shape index (κ1) is 24.7. The van der Waals surface area contributed by atoms with E-state index in [1.807, 2.05) is 0 Å². The van der Waals surface area contributed by atoms with Crippen molar-refractivity contribution in [2.75, 3.05) is 19.0 Å². The molecular weight excluding hydrogens is 358 g/mol. The second kappa shape index (κ2) is 14.8. The summed E-state index contributed by atoms with van der Waals surface area (Å²) < 4.78 is 10.1. The number of ether oxygens (including phenoxy) is 2. The molecule has 0 heterocycles. The SMILES string of the molecule is CCCCCC[C@H](SC[C@H](NC(C)C(=O)O)C(=O)OCC)C(=O)OCC. The van der Waals surface area contributed by atoms with E-state index in [9.17, 15) is 14.4 Å². The van der Waals surface area contributed by atoms with Crippen LogP contribution < -0.4 is 5.32 Å². The molecule has 152 valence electrons. The van der Waals surface area contributed by atoms with E-state index in [1.165, 1.54) is 18.7 Å². The van der Waals surface area contributed by atoms with Crippen molar-refractivity contribution in [3.05, 3.63) is 0 Å². The van der Waals surface area contributed by atoms with Gasteiger partial charge in [0, 0.05) is 5.75 Å². The fraction of sp³-hybridized carbons (Fsp3) is 0.833. The largest absolute Gasteiger partial charge is 0.480 e. The smallest absolute Gasteiger partial charge is 0.324 e. The van der Waals surface area contributed by atoms with Gasteiger partial charge in [-0.15, -0.1) is 11.8 Å². The summed E-state index contributed by atoms with van der Waals surface area (Å²) in [7, 11) is 0. The van der Waals surface area contributed by atoms with Gasteiger partial charge in [0.05, 0.1) is 13.2 Å². The Hall–Kier alpha value is -1.28. The Labute approximate surface area is 160 Å². The molecule has 0 aliphatic rings. The van der Waals surface area contributed by atoms with Gasteiger partial charge in [-0.25, -0.2) is 0 Å². The average molecular weight is 392 g/mol. The van der Waals surface area contributed by atoms with Crippen molar-refractivity contribution >= 4 is 29.7 Å². The lowest BCUT2D eigenvalue weighted by Gasteiger charge is -2.22. The zero-order valence-electron chi connectivity index (χ0n) is 16.3. The highest BCUT2D eigenvalue weighted by molar-refractivity contribution is 8.00. The molecule has 8 heteroatoms. The molecule has 0 aromatic rings. The summed E-state index contributed by atoms with van der Waals surface area (Å²) >= 11 is 1.31. The summed E-state index contributed by atoms with van der Waals surface area (Å²) in [6, 6.07) is -1.69. The van der Waals surface area contributed by atoms with Crippen molar-refractivity contribution < 1.29 is 29.0 Å². The van der Waals surface area contributed by atoms with Crippen molar-refractivity contribution in [3.63, 3.8) is 0 Å². The summed E-state index contributed by atoms with van der Waals surface area (Å²) in [4.78, 5) is 35.3. The molecule has 26 heavy (non-hydrogen) atoms. The molecule has 0 saturated carbocycles. The first-order valence-electron chi connectivity index (χ1n) is 9.30. The highest BCUT2D eigenvalue weighted by Crippen LogP contribution is 2.21. The Morgan fingerprint density at radius 3 is 2.15 bits per heavy atom. The second-order valence-electron chi connectivity index (χ2n) is 5.95. The van der Waals surface area contributed by atoms with Crippen molar-refractivity contribution in [1.82, 2.24) is 5.32 Å². The van der Waals surface area contributed by atoms with Gasteiger partial charge in [0.15, 0.2) is 0 Å². The van der Waals surface area contributed by atoms with E-state index in [0.717, 1.165) is 25.7 Å². The number of esters is 2. The third-order valence-electron chi connectivity index (χ3n) is 3.73. The third kappa shape index (κ3) is 10.7. The zero-order valence-corrected chi connectivity index (χ0v) is 17.1. The first-order valence-corrected chi connectivity index (χ1v) is 10.4.